The van der Waals surface area contributed by atoms with Crippen molar-refractivity contribution >= 4 is 11.7 Å². The molecule has 0 bridgehead atoms. The molecule has 0 aromatic heterocycles. The zero-order valence-corrected chi connectivity index (χ0v) is 13.3. The summed E-state index contributed by atoms with van der Waals surface area (Å²) in [5.74, 6) is 1.37. The largest absolute Gasteiger partial charge is 0.457 e. The lowest BCUT2D eigenvalue weighted by atomic mass is 10.1. The van der Waals surface area contributed by atoms with Gasteiger partial charge in [-0.05, 0) is 37.1 Å². The van der Waals surface area contributed by atoms with Crippen molar-refractivity contribution in [2.24, 2.45) is 5.92 Å². The number of aliphatic hydroxyl groups excluding tert-OH is 1. The molecule has 0 aliphatic heterocycles. The second-order valence-electron chi connectivity index (χ2n) is 5.49. The topological polar surface area (TPSA) is 70.6 Å². The van der Waals surface area contributed by atoms with Crippen LogP contribution in [0.25, 0.3) is 0 Å². The Morgan fingerprint density at radius 3 is 2.48 bits per heavy atom. The zero-order valence-electron chi connectivity index (χ0n) is 13.3. The van der Waals surface area contributed by atoms with Crippen molar-refractivity contribution in [2.45, 2.75) is 19.9 Å². The van der Waals surface area contributed by atoms with Crippen LogP contribution in [0.2, 0.25) is 0 Å². The predicted molar refractivity (Wildman–Crippen MR) is 90.8 cm³/mol. The molecule has 2 amide bonds. The number of benzene rings is 2. The molecule has 0 radical (unpaired) electrons. The van der Waals surface area contributed by atoms with Crippen LogP contribution in [0.5, 0.6) is 11.5 Å². The number of carbonyl (C=O) groups excluding carboxylic acids is 1. The number of ether oxygens (including phenoxy) is 1. The summed E-state index contributed by atoms with van der Waals surface area (Å²) in [5, 5.41) is 14.7. The monoisotopic (exact) mass is 314 g/mol. The van der Waals surface area contributed by atoms with Gasteiger partial charge in [0.15, 0.2) is 0 Å². The van der Waals surface area contributed by atoms with E-state index in [1.807, 2.05) is 56.3 Å². The third-order valence-electron chi connectivity index (χ3n) is 3.57. The van der Waals surface area contributed by atoms with E-state index in [1.54, 1.807) is 12.1 Å². The number of hydrogen-bond donors (Lipinski definition) is 3. The van der Waals surface area contributed by atoms with Crippen LogP contribution in [-0.2, 0) is 0 Å². The molecular weight excluding hydrogens is 292 g/mol. The fourth-order valence-electron chi connectivity index (χ4n) is 1.94. The molecule has 2 rings (SSSR count). The number of hydrogen-bond acceptors (Lipinski definition) is 3. The normalized spacial score (nSPS) is 13.0. The third-order valence-corrected chi connectivity index (χ3v) is 3.57. The Morgan fingerprint density at radius 2 is 1.78 bits per heavy atom. The van der Waals surface area contributed by atoms with Crippen LogP contribution in [0, 0.1) is 5.92 Å². The minimum Gasteiger partial charge on any atom is -0.457 e. The molecule has 2 aromatic rings. The van der Waals surface area contributed by atoms with E-state index < -0.39 is 0 Å². The Labute approximate surface area is 136 Å². The van der Waals surface area contributed by atoms with E-state index >= 15 is 0 Å². The Balaban J connectivity index is 1.96. The molecule has 23 heavy (non-hydrogen) atoms. The van der Waals surface area contributed by atoms with Gasteiger partial charge in [0, 0.05) is 24.4 Å². The summed E-state index contributed by atoms with van der Waals surface area (Å²) in [6.07, 6.45) is 0. The van der Waals surface area contributed by atoms with Crippen molar-refractivity contribution in [3.05, 3.63) is 54.6 Å². The maximum atomic E-state index is 12.0. The second-order valence-corrected chi connectivity index (χ2v) is 5.49. The molecule has 2 atom stereocenters. The first kappa shape index (κ1) is 16.8. The Kier molecular flexibility index (Phi) is 6.00. The standard InChI is InChI=1S/C18H22N2O3/c1-13(12-21)14(2)19-18(22)20-15-7-6-10-17(11-15)23-16-8-4-3-5-9-16/h3-11,13-14,21H,12H2,1-2H3,(H2,19,20,22). The van der Waals surface area contributed by atoms with E-state index in [1.165, 1.54) is 0 Å². The Hall–Kier alpha value is -2.53. The van der Waals surface area contributed by atoms with Crippen LogP contribution in [0.1, 0.15) is 13.8 Å². The SMILES string of the molecule is CC(CO)C(C)NC(=O)Nc1cccc(Oc2ccccc2)c1. The highest BCUT2D eigenvalue weighted by Gasteiger charge is 2.13. The molecular formula is C18H22N2O3. The summed E-state index contributed by atoms with van der Waals surface area (Å²) in [5.41, 5.74) is 0.639. The summed E-state index contributed by atoms with van der Waals surface area (Å²) in [6.45, 7) is 3.76. The Morgan fingerprint density at radius 1 is 1.09 bits per heavy atom. The van der Waals surface area contributed by atoms with Crippen LogP contribution in [-0.4, -0.2) is 23.8 Å². The van der Waals surface area contributed by atoms with Gasteiger partial charge in [0.2, 0.25) is 0 Å². The van der Waals surface area contributed by atoms with Gasteiger partial charge in [-0.25, -0.2) is 4.79 Å². The first-order valence-corrected chi connectivity index (χ1v) is 7.60. The van der Waals surface area contributed by atoms with Crippen molar-refractivity contribution in [1.82, 2.24) is 5.32 Å². The zero-order chi connectivity index (χ0) is 16.7. The fourth-order valence-corrected chi connectivity index (χ4v) is 1.94. The van der Waals surface area contributed by atoms with Gasteiger partial charge in [0.1, 0.15) is 11.5 Å². The average Bonchev–Trinajstić information content (AvgIpc) is 2.55. The molecule has 2 aromatic carbocycles. The first-order chi connectivity index (χ1) is 11.1. The van der Waals surface area contributed by atoms with Gasteiger partial charge >= 0.3 is 6.03 Å². The van der Waals surface area contributed by atoms with Gasteiger partial charge in [0.25, 0.3) is 0 Å². The quantitative estimate of drug-likeness (QED) is 0.762. The molecule has 5 heteroatoms. The molecule has 0 saturated heterocycles. The lowest BCUT2D eigenvalue weighted by Gasteiger charge is -2.19. The van der Waals surface area contributed by atoms with Gasteiger partial charge < -0.3 is 20.5 Å². The second kappa shape index (κ2) is 8.19. The van der Waals surface area contributed by atoms with Crippen LogP contribution in [0.4, 0.5) is 10.5 Å². The number of anilines is 1. The highest BCUT2D eigenvalue weighted by atomic mass is 16.5. The molecule has 0 aliphatic rings. The summed E-state index contributed by atoms with van der Waals surface area (Å²) < 4.78 is 5.73. The van der Waals surface area contributed by atoms with Gasteiger partial charge in [-0.2, -0.15) is 0 Å². The maximum absolute atomic E-state index is 12.0. The molecule has 3 N–H and O–H groups in total. The summed E-state index contributed by atoms with van der Waals surface area (Å²) in [4.78, 5) is 12.0. The van der Waals surface area contributed by atoms with Crippen molar-refractivity contribution in [3.63, 3.8) is 0 Å². The third kappa shape index (κ3) is 5.30. The predicted octanol–water partition coefficient (Wildman–Crippen LogP) is 3.62. The van der Waals surface area contributed by atoms with Gasteiger partial charge in [-0.15, -0.1) is 0 Å². The van der Waals surface area contributed by atoms with Gasteiger partial charge in [-0.3, -0.25) is 0 Å². The van der Waals surface area contributed by atoms with Crippen molar-refractivity contribution in [1.29, 1.82) is 0 Å². The number of aliphatic hydroxyl groups is 1. The minimum atomic E-state index is -0.310. The number of para-hydroxylation sites is 1. The van der Waals surface area contributed by atoms with E-state index in [-0.39, 0.29) is 24.6 Å². The molecule has 5 nitrogen and oxygen atoms in total. The lowest BCUT2D eigenvalue weighted by molar-refractivity contribution is 0.204. The van der Waals surface area contributed by atoms with Crippen LogP contribution in [0.15, 0.2) is 54.6 Å². The van der Waals surface area contributed by atoms with E-state index in [2.05, 4.69) is 10.6 Å². The van der Waals surface area contributed by atoms with Crippen molar-refractivity contribution < 1.29 is 14.6 Å². The molecule has 122 valence electrons. The van der Waals surface area contributed by atoms with Crippen LogP contribution >= 0.6 is 0 Å². The minimum absolute atomic E-state index is 0.00602. The molecule has 0 aliphatic carbocycles. The van der Waals surface area contributed by atoms with Gasteiger partial charge in [0.05, 0.1) is 0 Å². The highest BCUT2D eigenvalue weighted by molar-refractivity contribution is 5.89. The molecule has 0 fully saturated rings. The van der Waals surface area contributed by atoms with E-state index in [0.29, 0.717) is 11.4 Å². The molecule has 0 heterocycles. The fraction of sp³-hybridized carbons (Fsp3) is 0.278. The maximum Gasteiger partial charge on any atom is 0.319 e. The summed E-state index contributed by atoms with van der Waals surface area (Å²) in [7, 11) is 0. The molecule has 2 unspecified atom stereocenters. The molecule has 0 spiro atoms. The average molecular weight is 314 g/mol. The van der Waals surface area contributed by atoms with E-state index in [9.17, 15) is 4.79 Å². The number of carbonyl (C=O) groups is 1. The van der Waals surface area contributed by atoms with Gasteiger partial charge in [-0.1, -0.05) is 31.2 Å². The number of nitrogens with one attached hydrogen (secondary N) is 2. The van der Waals surface area contributed by atoms with Crippen LogP contribution < -0.4 is 15.4 Å². The van der Waals surface area contributed by atoms with Crippen LogP contribution in [0.3, 0.4) is 0 Å². The highest BCUT2D eigenvalue weighted by Crippen LogP contribution is 2.23. The van der Waals surface area contributed by atoms with E-state index in [0.717, 1.165) is 5.75 Å². The number of rotatable bonds is 6. The smallest absolute Gasteiger partial charge is 0.319 e. The Bertz CT molecular complexity index is 631. The lowest BCUT2D eigenvalue weighted by Crippen LogP contribution is -2.40. The van der Waals surface area contributed by atoms with Crippen molar-refractivity contribution in [3.8, 4) is 11.5 Å². The first-order valence-electron chi connectivity index (χ1n) is 7.60. The summed E-state index contributed by atoms with van der Waals surface area (Å²) in [6, 6.07) is 16.2. The van der Waals surface area contributed by atoms with E-state index in [4.69, 9.17) is 9.84 Å². The number of urea groups is 1. The summed E-state index contributed by atoms with van der Waals surface area (Å²) >= 11 is 0. The molecule has 0 saturated carbocycles. The van der Waals surface area contributed by atoms with Crippen molar-refractivity contribution in [2.75, 3.05) is 11.9 Å². The number of amides is 2.